The molecule has 2 aromatic heterocycles. The highest BCUT2D eigenvalue weighted by molar-refractivity contribution is 6.42. The lowest BCUT2D eigenvalue weighted by atomic mass is 9.85. The van der Waals surface area contributed by atoms with Crippen molar-refractivity contribution in [2.75, 3.05) is 0 Å². The van der Waals surface area contributed by atoms with Crippen LogP contribution in [0.1, 0.15) is 28.3 Å². The summed E-state index contributed by atoms with van der Waals surface area (Å²) in [5.74, 6) is -0.409. The van der Waals surface area contributed by atoms with Gasteiger partial charge in [0, 0.05) is 29.3 Å². The number of aromatic hydroxyl groups is 1. The second-order valence-corrected chi connectivity index (χ2v) is 7.87. The molecule has 4 rings (SSSR count). The minimum absolute atomic E-state index is 0.00837. The van der Waals surface area contributed by atoms with E-state index in [1.165, 1.54) is 12.3 Å². The third-order valence-corrected chi connectivity index (χ3v) is 5.79. The Kier molecular flexibility index (Phi) is 5.77. The number of pyridine rings is 2. The summed E-state index contributed by atoms with van der Waals surface area (Å²) in [5, 5.41) is 12.4. The fourth-order valence-corrected chi connectivity index (χ4v) is 3.82. The van der Waals surface area contributed by atoms with E-state index < -0.39 is 17.8 Å². The first-order valence-electron chi connectivity index (χ1n) is 9.27. The molecule has 2 aromatic carbocycles. The molecule has 0 fully saturated rings. The number of halogens is 5. The van der Waals surface area contributed by atoms with Crippen LogP contribution >= 0.6 is 23.2 Å². The molecular weight excluding hydrogens is 448 g/mol. The highest BCUT2D eigenvalue weighted by atomic mass is 35.5. The quantitative estimate of drug-likeness (QED) is 0.353. The van der Waals surface area contributed by atoms with E-state index >= 15 is 0 Å². The van der Waals surface area contributed by atoms with Gasteiger partial charge in [0.25, 0.3) is 0 Å². The molecule has 158 valence electrons. The summed E-state index contributed by atoms with van der Waals surface area (Å²) in [5.41, 5.74) is 1.38. The molecular formula is C23H15Cl2F3N2O. The van der Waals surface area contributed by atoms with Crippen molar-refractivity contribution in [2.45, 2.75) is 18.5 Å². The number of fused-ring (bicyclic) bond motifs is 1. The van der Waals surface area contributed by atoms with Crippen LogP contribution in [0, 0.1) is 0 Å². The van der Waals surface area contributed by atoms with Gasteiger partial charge in [0.15, 0.2) is 0 Å². The van der Waals surface area contributed by atoms with Crippen LogP contribution in [-0.4, -0.2) is 15.1 Å². The van der Waals surface area contributed by atoms with Crippen LogP contribution in [0.25, 0.3) is 10.9 Å². The van der Waals surface area contributed by atoms with Gasteiger partial charge >= 0.3 is 6.18 Å². The fourth-order valence-electron chi connectivity index (χ4n) is 3.51. The zero-order chi connectivity index (χ0) is 22.2. The zero-order valence-electron chi connectivity index (χ0n) is 15.9. The minimum atomic E-state index is -4.51. The number of hydrogen-bond acceptors (Lipinski definition) is 3. The van der Waals surface area contributed by atoms with Gasteiger partial charge in [-0.2, -0.15) is 13.2 Å². The zero-order valence-corrected chi connectivity index (χ0v) is 17.4. The summed E-state index contributed by atoms with van der Waals surface area (Å²) < 4.78 is 38.6. The molecule has 0 saturated heterocycles. The molecule has 0 radical (unpaired) electrons. The van der Waals surface area contributed by atoms with E-state index in [2.05, 4.69) is 9.97 Å². The van der Waals surface area contributed by atoms with Crippen LogP contribution in [0.5, 0.6) is 5.75 Å². The van der Waals surface area contributed by atoms with Crippen LogP contribution in [0.3, 0.4) is 0 Å². The van der Waals surface area contributed by atoms with Crippen molar-refractivity contribution in [1.82, 2.24) is 9.97 Å². The molecule has 0 saturated carbocycles. The van der Waals surface area contributed by atoms with Crippen molar-refractivity contribution in [3.63, 3.8) is 0 Å². The number of alkyl halides is 3. The molecule has 3 nitrogen and oxygen atoms in total. The maximum absolute atomic E-state index is 12.9. The molecule has 0 amide bonds. The summed E-state index contributed by atoms with van der Waals surface area (Å²) in [6, 6.07) is 14.7. The molecule has 31 heavy (non-hydrogen) atoms. The van der Waals surface area contributed by atoms with Crippen LogP contribution in [0.2, 0.25) is 10.0 Å². The fraction of sp³-hybridized carbons (Fsp3) is 0.130. The van der Waals surface area contributed by atoms with E-state index in [0.717, 1.165) is 17.0 Å². The third kappa shape index (κ3) is 4.45. The largest absolute Gasteiger partial charge is 0.505 e. The molecule has 1 N–H and O–H groups in total. The Labute approximate surface area is 186 Å². The second kappa shape index (κ2) is 8.36. The smallest absolute Gasteiger partial charge is 0.433 e. The molecule has 8 heteroatoms. The van der Waals surface area contributed by atoms with Gasteiger partial charge in [-0.05, 0) is 41.8 Å². The minimum Gasteiger partial charge on any atom is -0.505 e. The van der Waals surface area contributed by atoms with Gasteiger partial charge < -0.3 is 5.11 Å². The predicted molar refractivity (Wildman–Crippen MR) is 115 cm³/mol. The first-order chi connectivity index (χ1) is 14.7. The number of benzene rings is 2. The Balaban J connectivity index is 1.80. The van der Waals surface area contributed by atoms with Crippen LogP contribution < -0.4 is 0 Å². The topological polar surface area (TPSA) is 46.0 Å². The Morgan fingerprint density at radius 3 is 2.42 bits per heavy atom. The molecule has 0 aliphatic carbocycles. The first-order valence-corrected chi connectivity index (χ1v) is 10.0. The highest BCUT2D eigenvalue weighted by Gasteiger charge is 2.32. The van der Waals surface area contributed by atoms with Gasteiger partial charge in [-0.25, -0.2) is 0 Å². The summed E-state index contributed by atoms with van der Waals surface area (Å²) >= 11 is 12.3. The van der Waals surface area contributed by atoms with E-state index in [0.29, 0.717) is 26.7 Å². The van der Waals surface area contributed by atoms with Crippen molar-refractivity contribution in [2.24, 2.45) is 0 Å². The summed E-state index contributed by atoms with van der Waals surface area (Å²) in [6.07, 6.45) is -1.44. The molecule has 0 aliphatic heterocycles. The van der Waals surface area contributed by atoms with E-state index in [9.17, 15) is 18.3 Å². The average Bonchev–Trinajstić information content (AvgIpc) is 2.75. The predicted octanol–water partition coefficient (Wildman–Crippen LogP) is 7.04. The Morgan fingerprint density at radius 2 is 1.74 bits per heavy atom. The first kappa shape index (κ1) is 21.4. The Morgan fingerprint density at radius 1 is 0.935 bits per heavy atom. The standard InChI is InChI=1S/C23H15Cl2F3N2O/c24-18-7-5-15(11-19(18)25)17(10-13-3-8-20(30-12-13)23(26,27)28)16-6-4-14-2-1-9-29-21(14)22(16)31/h1-9,11-12,17,31H,10H2. The average molecular weight is 463 g/mol. The lowest BCUT2D eigenvalue weighted by molar-refractivity contribution is -0.141. The molecule has 1 unspecified atom stereocenters. The monoisotopic (exact) mass is 462 g/mol. The van der Waals surface area contributed by atoms with Crippen molar-refractivity contribution in [1.29, 1.82) is 0 Å². The van der Waals surface area contributed by atoms with Crippen molar-refractivity contribution < 1.29 is 18.3 Å². The summed E-state index contributed by atoms with van der Waals surface area (Å²) in [6.45, 7) is 0. The van der Waals surface area contributed by atoms with Gasteiger partial charge in [0.1, 0.15) is 17.0 Å². The Hall–Kier alpha value is -2.83. The molecule has 4 aromatic rings. The molecule has 0 bridgehead atoms. The lowest BCUT2D eigenvalue weighted by Crippen LogP contribution is -2.10. The van der Waals surface area contributed by atoms with Gasteiger partial charge in [0.2, 0.25) is 0 Å². The maximum Gasteiger partial charge on any atom is 0.433 e. The molecule has 0 aliphatic rings. The molecule has 2 heterocycles. The SMILES string of the molecule is Oc1c(C(Cc2ccc(C(F)(F)F)nc2)c2ccc(Cl)c(Cl)c2)ccc2cccnc12. The van der Waals surface area contributed by atoms with E-state index in [1.807, 2.05) is 12.1 Å². The highest BCUT2D eigenvalue weighted by Crippen LogP contribution is 2.39. The maximum atomic E-state index is 12.9. The van der Waals surface area contributed by atoms with E-state index in [-0.39, 0.29) is 12.2 Å². The van der Waals surface area contributed by atoms with Gasteiger partial charge in [-0.15, -0.1) is 0 Å². The Bertz CT molecular complexity index is 1240. The van der Waals surface area contributed by atoms with Crippen LogP contribution in [0.4, 0.5) is 13.2 Å². The van der Waals surface area contributed by atoms with Crippen molar-refractivity contribution >= 4 is 34.1 Å². The second-order valence-electron chi connectivity index (χ2n) is 7.06. The van der Waals surface area contributed by atoms with Crippen LogP contribution in [-0.2, 0) is 12.6 Å². The van der Waals surface area contributed by atoms with Crippen molar-refractivity contribution in [3.8, 4) is 5.75 Å². The van der Waals surface area contributed by atoms with Gasteiger partial charge in [-0.3, -0.25) is 9.97 Å². The normalized spacial score (nSPS) is 12.8. The number of phenols is 1. The van der Waals surface area contributed by atoms with Crippen molar-refractivity contribution in [3.05, 3.63) is 99.4 Å². The number of rotatable bonds is 4. The summed E-state index contributed by atoms with van der Waals surface area (Å²) in [4.78, 5) is 7.81. The number of phenolic OH excluding ortho intramolecular Hbond substituents is 1. The van der Waals surface area contributed by atoms with Gasteiger partial charge in [0.05, 0.1) is 10.0 Å². The number of nitrogens with zero attached hydrogens (tertiary/aromatic N) is 2. The lowest BCUT2D eigenvalue weighted by Gasteiger charge is -2.21. The summed E-state index contributed by atoms with van der Waals surface area (Å²) in [7, 11) is 0. The third-order valence-electron chi connectivity index (χ3n) is 5.06. The molecule has 1 atom stereocenters. The molecule has 0 spiro atoms. The van der Waals surface area contributed by atoms with Gasteiger partial charge in [-0.1, -0.05) is 53.5 Å². The van der Waals surface area contributed by atoms with E-state index in [4.69, 9.17) is 23.2 Å². The van der Waals surface area contributed by atoms with Crippen LogP contribution in [0.15, 0.2) is 67.0 Å². The number of aromatic nitrogens is 2. The number of hydrogen-bond donors (Lipinski definition) is 1. The van der Waals surface area contributed by atoms with E-state index in [1.54, 1.807) is 36.5 Å².